The Balaban J connectivity index is 1.95. The number of anilines is 1. The van der Waals surface area contributed by atoms with Crippen LogP contribution in [0.1, 0.15) is 6.42 Å². The van der Waals surface area contributed by atoms with Gasteiger partial charge in [0.25, 0.3) is 0 Å². The van der Waals surface area contributed by atoms with Gasteiger partial charge in [-0.25, -0.2) is 4.98 Å². The van der Waals surface area contributed by atoms with Crippen LogP contribution in [0.2, 0.25) is 0 Å². The lowest BCUT2D eigenvalue weighted by Gasteiger charge is -2.04. The highest BCUT2D eigenvalue weighted by Gasteiger charge is 2.02. The predicted molar refractivity (Wildman–Crippen MR) is 74.0 cm³/mol. The molecule has 1 heterocycles. The van der Waals surface area contributed by atoms with Crippen molar-refractivity contribution < 1.29 is 4.79 Å². The Morgan fingerprint density at radius 1 is 1.39 bits per heavy atom. The third-order valence-electron chi connectivity index (χ3n) is 2.07. The Bertz CT molecular complexity index is 500. The number of carbonyl (C=O) groups is 1. The van der Waals surface area contributed by atoms with Crippen LogP contribution in [0.3, 0.4) is 0 Å². The molecule has 0 saturated heterocycles. The van der Waals surface area contributed by atoms with Crippen molar-refractivity contribution in [3.63, 3.8) is 0 Å². The second-order valence-electron chi connectivity index (χ2n) is 3.40. The molecule has 18 heavy (non-hydrogen) atoms. The normalized spacial score (nSPS) is 10.3. The van der Waals surface area contributed by atoms with Gasteiger partial charge in [-0.2, -0.15) is 5.10 Å². The van der Waals surface area contributed by atoms with E-state index >= 15 is 0 Å². The van der Waals surface area contributed by atoms with Crippen LogP contribution < -0.4 is 5.32 Å². The van der Waals surface area contributed by atoms with E-state index in [1.165, 1.54) is 18.1 Å². The number of rotatable bonds is 5. The van der Waals surface area contributed by atoms with E-state index in [-0.39, 0.29) is 5.91 Å². The van der Waals surface area contributed by atoms with Gasteiger partial charge in [-0.1, -0.05) is 27.7 Å². The Morgan fingerprint density at radius 2 is 2.17 bits per heavy atom. The summed E-state index contributed by atoms with van der Waals surface area (Å²) in [7, 11) is 0. The van der Waals surface area contributed by atoms with Gasteiger partial charge in [-0.3, -0.25) is 9.89 Å². The van der Waals surface area contributed by atoms with Crippen LogP contribution in [-0.4, -0.2) is 26.4 Å². The monoisotopic (exact) mass is 326 g/mol. The van der Waals surface area contributed by atoms with E-state index in [0.717, 1.165) is 15.7 Å². The van der Waals surface area contributed by atoms with Crippen LogP contribution in [0.5, 0.6) is 0 Å². The predicted octanol–water partition coefficient (Wildman–Crippen LogP) is 2.68. The molecule has 1 aromatic carbocycles. The number of benzene rings is 1. The van der Waals surface area contributed by atoms with Crippen LogP contribution >= 0.6 is 27.7 Å². The minimum absolute atomic E-state index is 0.00233. The van der Waals surface area contributed by atoms with E-state index in [0.29, 0.717) is 11.8 Å². The largest absolute Gasteiger partial charge is 0.326 e. The highest BCUT2D eigenvalue weighted by molar-refractivity contribution is 9.09. The molecule has 2 N–H and O–H groups in total. The summed E-state index contributed by atoms with van der Waals surface area (Å²) in [5.74, 6) is 0.00233. The minimum Gasteiger partial charge on any atom is -0.326 e. The molecule has 0 spiro atoms. The van der Waals surface area contributed by atoms with Gasteiger partial charge in [0, 0.05) is 22.3 Å². The fourth-order valence-corrected chi connectivity index (χ4v) is 2.32. The quantitative estimate of drug-likeness (QED) is 0.829. The summed E-state index contributed by atoms with van der Waals surface area (Å²) in [4.78, 5) is 16.4. The smallest absolute Gasteiger partial charge is 0.225 e. The van der Waals surface area contributed by atoms with Crippen LogP contribution in [0, 0.1) is 0 Å². The Kier molecular flexibility index (Phi) is 4.77. The molecule has 1 aromatic heterocycles. The van der Waals surface area contributed by atoms with E-state index < -0.39 is 0 Å². The molecule has 5 nitrogen and oxygen atoms in total. The van der Waals surface area contributed by atoms with E-state index in [2.05, 4.69) is 36.4 Å². The van der Waals surface area contributed by atoms with Crippen LogP contribution in [-0.2, 0) is 4.79 Å². The molecular formula is C11H11BrN4OS. The third-order valence-corrected chi connectivity index (χ3v) is 3.36. The first-order valence-corrected chi connectivity index (χ1v) is 7.21. The van der Waals surface area contributed by atoms with Crippen molar-refractivity contribution in [3.05, 3.63) is 30.6 Å². The minimum atomic E-state index is 0.00233. The topological polar surface area (TPSA) is 70.7 Å². The average Bonchev–Trinajstić information content (AvgIpc) is 2.85. The number of aromatic nitrogens is 3. The summed E-state index contributed by atoms with van der Waals surface area (Å²) in [6, 6.07) is 7.59. The molecule has 0 bridgehead atoms. The maximum Gasteiger partial charge on any atom is 0.225 e. The van der Waals surface area contributed by atoms with Gasteiger partial charge in [-0.05, 0) is 24.3 Å². The molecule has 0 radical (unpaired) electrons. The number of nitrogens with zero attached hydrogens (tertiary/aromatic N) is 2. The third kappa shape index (κ3) is 3.85. The summed E-state index contributed by atoms with van der Waals surface area (Å²) in [6.07, 6.45) is 1.94. The maximum absolute atomic E-state index is 11.4. The first kappa shape index (κ1) is 13.1. The van der Waals surface area contributed by atoms with Crippen LogP contribution in [0.25, 0.3) is 0 Å². The van der Waals surface area contributed by atoms with E-state index in [1.807, 2.05) is 24.3 Å². The zero-order chi connectivity index (χ0) is 12.8. The zero-order valence-electron chi connectivity index (χ0n) is 9.39. The van der Waals surface area contributed by atoms with Gasteiger partial charge in [0.2, 0.25) is 5.91 Å². The SMILES string of the molecule is O=C(CCBr)Nc1ccc(Sc2ncn[nH]2)cc1. The number of carbonyl (C=O) groups excluding carboxylic acids is 1. The van der Waals surface area contributed by atoms with Crippen LogP contribution in [0.4, 0.5) is 5.69 Å². The molecule has 0 unspecified atom stereocenters. The molecule has 0 aliphatic rings. The molecule has 0 aliphatic heterocycles. The molecule has 0 fully saturated rings. The molecule has 0 saturated carbocycles. The molecule has 2 rings (SSSR count). The Morgan fingerprint density at radius 3 is 2.78 bits per heavy atom. The number of halogens is 1. The van der Waals surface area contributed by atoms with Crippen molar-refractivity contribution in [1.82, 2.24) is 15.2 Å². The molecular weight excluding hydrogens is 316 g/mol. The number of aromatic amines is 1. The van der Waals surface area contributed by atoms with E-state index in [9.17, 15) is 4.79 Å². The molecule has 7 heteroatoms. The summed E-state index contributed by atoms with van der Waals surface area (Å²) < 4.78 is 0. The molecule has 94 valence electrons. The number of hydrogen-bond donors (Lipinski definition) is 2. The zero-order valence-corrected chi connectivity index (χ0v) is 11.8. The second-order valence-corrected chi connectivity index (χ2v) is 5.26. The molecule has 1 amide bonds. The standard InChI is InChI=1S/C11H11BrN4OS/c12-6-5-10(17)15-8-1-3-9(4-2-8)18-11-13-7-14-16-11/h1-4,7H,5-6H2,(H,15,17)(H,13,14,16). The van der Waals surface area contributed by atoms with Crippen LogP contribution in [0.15, 0.2) is 40.6 Å². The summed E-state index contributed by atoms with van der Waals surface area (Å²) >= 11 is 4.71. The van der Waals surface area contributed by atoms with Gasteiger partial charge in [0.15, 0.2) is 5.16 Å². The van der Waals surface area contributed by atoms with Crippen molar-refractivity contribution in [1.29, 1.82) is 0 Å². The van der Waals surface area contributed by atoms with E-state index in [4.69, 9.17) is 0 Å². The van der Waals surface area contributed by atoms with Gasteiger partial charge >= 0.3 is 0 Å². The number of nitrogens with one attached hydrogen (secondary N) is 2. The Labute approximate surface area is 117 Å². The number of hydrogen-bond acceptors (Lipinski definition) is 4. The highest BCUT2D eigenvalue weighted by atomic mass is 79.9. The lowest BCUT2D eigenvalue weighted by molar-refractivity contribution is -0.115. The van der Waals surface area contributed by atoms with E-state index in [1.54, 1.807) is 0 Å². The van der Waals surface area contributed by atoms with Crippen molar-refractivity contribution in [2.45, 2.75) is 16.5 Å². The fraction of sp³-hybridized carbons (Fsp3) is 0.182. The molecule has 0 atom stereocenters. The van der Waals surface area contributed by atoms with Crippen molar-refractivity contribution >= 4 is 39.3 Å². The number of amides is 1. The fourth-order valence-electron chi connectivity index (χ4n) is 1.27. The van der Waals surface area contributed by atoms with Gasteiger partial charge in [-0.15, -0.1) is 0 Å². The van der Waals surface area contributed by atoms with Crippen molar-refractivity contribution in [3.8, 4) is 0 Å². The lowest BCUT2D eigenvalue weighted by atomic mass is 10.3. The van der Waals surface area contributed by atoms with Gasteiger partial charge in [0.1, 0.15) is 6.33 Å². The summed E-state index contributed by atoms with van der Waals surface area (Å²) in [5.41, 5.74) is 0.794. The number of H-pyrrole nitrogens is 1. The highest BCUT2D eigenvalue weighted by Crippen LogP contribution is 2.25. The van der Waals surface area contributed by atoms with Gasteiger partial charge < -0.3 is 5.32 Å². The molecule has 2 aromatic rings. The average molecular weight is 327 g/mol. The summed E-state index contributed by atoms with van der Waals surface area (Å²) in [6.45, 7) is 0. The lowest BCUT2D eigenvalue weighted by Crippen LogP contribution is -2.11. The molecule has 0 aliphatic carbocycles. The maximum atomic E-state index is 11.4. The van der Waals surface area contributed by atoms with Crippen molar-refractivity contribution in [2.75, 3.05) is 10.6 Å². The number of alkyl halides is 1. The second kappa shape index (κ2) is 6.55. The Hall–Kier alpha value is -1.34. The van der Waals surface area contributed by atoms with Gasteiger partial charge in [0.05, 0.1) is 0 Å². The first-order chi connectivity index (χ1) is 8.78. The summed E-state index contributed by atoms with van der Waals surface area (Å²) in [5, 5.41) is 10.8. The van der Waals surface area contributed by atoms with Crippen molar-refractivity contribution in [2.24, 2.45) is 0 Å². The first-order valence-electron chi connectivity index (χ1n) is 5.27.